The van der Waals surface area contributed by atoms with E-state index in [1.165, 1.54) is 0 Å². The minimum absolute atomic E-state index is 0.426. The first-order valence-electron chi connectivity index (χ1n) is 11.0. The molecule has 0 amide bonds. The quantitative estimate of drug-likeness (QED) is 0.194. The van der Waals surface area contributed by atoms with E-state index in [2.05, 4.69) is 48.6 Å². The number of aromatic nitrogens is 6. The summed E-state index contributed by atoms with van der Waals surface area (Å²) < 4.78 is 1.97. The standard InChI is InChI=1S/C17H11Cl2N3.C11H8ClN3/c1-12-21-15(5-2-13-8-9-20-17(19)10-13)11-22(12)16-6-3-14(18)4-7-16;1-8-14-7-10(15-8)3-2-9-4-5-13-11(12)6-9/h3-4,6-11H,1H3;4-7H,1H3,(H,14,15). The second-order valence-electron chi connectivity index (χ2n) is 7.64. The Hall–Kier alpha value is -4.07. The molecule has 0 aliphatic heterocycles. The van der Waals surface area contributed by atoms with Crippen LogP contribution in [0.4, 0.5) is 0 Å². The van der Waals surface area contributed by atoms with Crippen LogP contribution in [0.25, 0.3) is 5.69 Å². The van der Waals surface area contributed by atoms with Gasteiger partial charge < -0.3 is 9.55 Å². The average molecular weight is 546 g/mol. The lowest BCUT2D eigenvalue weighted by molar-refractivity contribution is 0.975. The van der Waals surface area contributed by atoms with Crippen molar-refractivity contribution in [2.24, 2.45) is 0 Å². The molecule has 1 N–H and O–H groups in total. The highest BCUT2D eigenvalue weighted by Gasteiger charge is 2.04. The van der Waals surface area contributed by atoms with Crippen LogP contribution in [0.15, 0.2) is 73.3 Å². The number of hydrogen-bond acceptors (Lipinski definition) is 4. The summed E-state index contributed by atoms with van der Waals surface area (Å²) >= 11 is 17.5. The van der Waals surface area contributed by atoms with E-state index >= 15 is 0 Å². The van der Waals surface area contributed by atoms with Gasteiger partial charge in [0.05, 0.1) is 6.20 Å². The maximum Gasteiger partial charge on any atom is 0.132 e. The van der Waals surface area contributed by atoms with Gasteiger partial charge in [0.15, 0.2) is 0 Å². The third-order valence-corrected chi connectivity index (χ3v) is 5.48. The minimum Gasteiger partial charge on any atom is -0.336 e. The zero-order valence-corrected chi connectivity index (χ0v) is 22.1. The molecule has 0 saturated carbocycles. The lowest BCUT2D eigenvalue weighted by atomic mass is 10.2. The van der Waals surface area contributed by atoms with Gasteiger partial charge in [0, 0.05) is 40.4 Å². The molecule has 0 fully saturated rings. The molecular formula is C28H19Cl3N6. The molecule has 37 heavy (non-hydrogen) atoms. The van der Waals surface area contributed by atoms with Crippen molar-refractivity contribution < 1.29 is 0 Å². The van der Waals surface area contributed by atoms with Crippen molar-refractivity contribution in [1.82, 2.24) is 29.5 Å². The van der Waals surface area contributed by atoms with Crippen molar-refractivity contribution in [3.05, 3.63) is 123 Å². The molecule has 0 spiro atoms. The summed E-state index contributed by atoms with van der Waals surface area (Å²) in [7, 11) is 0. The fourth-order valence-corrected chi connectivity index (χ4v) is 3.59. The van der Waals surface area contributed by atoms with Gasteiger partial charge in [0.25, 0.3) is 0 Å². The Bertz CT molecular complexity index is 1650. The number of imidazole rings is 2. The molecule has 1 aromatic carbocycles. The topological polar surface area (TPSA) is 72.3 Å². The normalized spacial score (nSPS) is 9.86. The summed E-state index contributed by atoms with van der Waals surface area (Å²) in [6.07, 6.45) is 6.86. The van der Waals surface area contributed by atoms with Crippen molar-refractivity contribution in [2.75, 3.05) is 0 Å². The molecule has 4 heterocycles. The number of aromatic amines is 1. The van der Waals surface area contributed by atoms with Crippen LogP contribution in [0.1, 0.15) is 34.2 Å². The number of hydrogen-bond donors (Lipinski definition) is 1. The van der Waals surface area contributed by atoms with Gasteiger partial charge in [-0.25, -0.2) is 19.9 Å². The molecule has 0 bridgehead atoms. The largest absolute Gasteiger partial charge is 0.336 e. The third kappa shape index (κ3) is 7.70. The lowest BCUT2D eigenvalue weighted by Gasteiger charge is -2.03. The molecule has 0 unspecified atom stereocenters. The molecule has 0 atom stereocenters. The van der Waals surface area contributed by atoms with Crippen LogP contribution < -0.4 is 0 Å². The van der Waals surface area contributed by atoms with Crippen molar-refractivity contribution in [1.29, 1.82) is 0 Å². The zero-order valence-electron chi connectivity index (χ0n) is 19.8. The summed E-state index contributed by atoms with van der Waals surface area (Å²) in [4.78, 5) is 19.3. The second-order valence-corrected chi connectivity index (χ2v) is 8.85. The number of aryl methyl sites for hydroxylation is 2. The van der Waals surface area contributed by atoms with E-state index in [1.54, 1.807) is 30.7 Å². The first-order valence-corrected chi connectivity index (χ1v) is 12.1. The highest BCUT2D eigenvalue weighted by atomic mass is 35.5. The van der Waals surface area contributed by atoms with Gasteiger partial charge in [-0.1, -0.05) is 46.6 Å². The number of nitrogens with zero attached hydrogens (tertiary/aromatic N) is 5. The number of nitrogens with one attached hydrogen (secondary N) is 1. The van der Waals surface area contributed by atoms with Crippen LogP contribution >= 0.6 is 34.8 Å². The number of pyridine rings is 2. The van der Waals surface area contributed by atoms with Gasteiger partial charge in [-0.2, -0.15) is 0 Å². The number of H-pyrrole nitrogens is 1. The molecule has 0 saturated heterocycles. The van der Waals surface area contributed by atoms with E-state index in [0.29, 0.717) is 21.0 Å². The van der Waals surface area contributed by atoms with Gasteiger partial charge in [0.2, 0.25) is 0 Å². The third-order valence-electron chi connectivity index (χ3n) is 4.82. The highest BCUT2D eigenvalue weighted by molar-refractivity contribution is 6.30. The van der Waals surface area contributed by atoms with Crippen molar-refractivity contribution in [2.45, 2.75) is 13.8 Å². The fraction of sp³-hybridized carbons (Fsp3) is 0.0714. The molecule has 4 aromatic heterocycles. The minimum atomic E-state index is 0.426. The second kappa shape index (κ2) is 12.3. The van der Waals surface area contributed by atoms with Crippen LogP contribution in [-0.4, -0.2) is 29.5 Å². The van der Waals surface area contributed by atoms with Crippen molar-refractivity contribution in [3.63, 3.8) is 0 Å². The number of rotatable bonds is 1. The van der Waals surface area contributed by atoms with Crippen LogP contribution in [0.5, 0.6) is 0 Å². The van der Waals surface area contributed by atoms with Crippen LogP contribution in [0.3, 0.4) is 0 Å². The van der Waals surface area contributed by atoms with Gasteiger partial charge in [0.1, 0.15) is 33.3 Å². The van der Waals surface area contributed by atoms with Gasteiger partial charge in [-0.05, 0) is 74.2 Å². The Balaban J connectivity index is 0.000000186. The summed E-state index contributed by atoms with van der Waals surface area (Å²) in [6, 6.07) is 14.6. The SMILES string of the molecule is Cc1nc(C#Cc2ccnc(Cl)c2)cn1-c1ccc(Cl)cc1.Cc1ncc(C#Cc2ccnc(Cl)c2)[nH]1. The van der Waals surface area contributed by atoms with Crippen molar-refractivity contribution >= 4 is 34.8 Å². The number of benzene rings is 1. The van der Waals surface area contributed by atoms with E-state index < -0.39 is 0 Å². The fourth-order valence-electron chi connectivity index (χ4n) is 3.12. The monoisotopic (exact) mass is 544 g/mol. The summed E-state index contributed by atoms with van der Waals surface area (Å²) in [6.45, 7) is 3.82. The Labute approximate surface area is 229 Å². The summed E-state index contributed by atoms with van der Waals surface area (Å²) in [5.74, 6) is 13.7. The summed E-state index contributed by atoms with van der Waals surface area (Å²) in [5.41, 5.74) is 4.12. The average Bonchev–Trinajstić information content (AvgIpc) is 3.47. The molecule has 9 heteroatoms. The molecule has 182 valence electrons. The molecule has 0 radical (unpaired) electrons. The number of halogens is 3. The van der Waals surface area contributed by atoms with Crippen molar-refractivity contribution in [3.8, 4) is 29.4 Å². The van der Waals surface area contributed by atoms with Crippen LogP contribution in [-0.2, 0) is 0 Å². The molecular weight excluding hydrogens is 527 g/mol. The maximum atomic E-state index is 5.91. The summed E-state index contributed by atoms with van der Waals surface area (Å²) in [5, 5.41) is 1.58. The maximum absolute atomic E-state index is 5.91. The van der Waals surface area contributed by atoms with Gasteiger partial charge >= 0.3 is 0 Å². The van der Waals surface area contributed by atoms with Crippen LogP contribution in [0.2, 0.25) is 15.3 Å². The Morgan fingerprint density at radius 2 is 1.38 bits per heavy atom. The smallest absolute Gasteiger partial charge is 0.132 e. The molecule has 0 aliphatic rings. The van der Waals surface area contributed by atoms with Gasteiger partial charge in [-0.3, -0.25) is 0 Å². The first-order chi connectivity index (χ1) is 17.9. The molecule has 0 aliphatic carbocycles. The molecule has 5 aromatic rings. The van der Waals surface area contributed by atoms with E-state index in [-0.39, 0.29) is 0 Å². The Kier molecular flexibility index (Phi) is 8.61. The first kappa shape index (κ1) is 26.0. The van der Waals surface area contributed by atoms with Gasteiger partial charge in [-0.15, -0.1) is 0 Å². The Morgan fingerprint density at radius 1 is 0.757 bits per heavy atom. The molecule has 6 nitrogen and oxygen atoms in total. The zero-order chi connectivity index (χ0) is 26.2. The molecule has 5 rings (SSSR count). The van der Waals surface area contributed by atoms with Crippen LogP contribution in [0, 0.1) is 37.5 Å². The predicted molar refractivity (Wildman–Crippen MR) is 147 cm³/mol. The lowest BCUT2D eigenvalue weighted by Crippen LogP contribution is -1.94. The highest BCUT2D eigenvalue weighted by Crippen LogP contribution is 2.16. The van der Waals surface area contributed by atoms with E-state index in [4.69, 9.17) is 34.8 Å². The Morgan fingerprint density at radius 3 is 1.95 bits per heavy atom. The van der Waals surface area contributed by atoms with E-state index in [9.17, 15) is 0 Å². The van der Waals surface area contributed by atoms with E-state index in [0.717, 1.165) is 34.2 Å². The predicted octanol–water partition coefficient (Wildman–Crippen LogP) is 6.45. The van der Waals surface area contributed by atoms with E-state index in [1.807, 2.05) is 61.0 Å².